The highest BCUT2D eigenvalue weighted by molar-refractivity contribution is 5.39. The lowest BCUT2D eigenvalue weighted by atomic mass is 9.85. The van der Waals surface area contributed by atoms with Crippen molar-refractivity contribution in [3.63, 3.8) is 0 Å². The molecule has 1 aromatic rings. The summed E-state index contributed by atoms with van der Waals surface area (Å²) in [7, 11) is 1.34. The molecule has 1 aliphatic heterocycles. The van der Waals surface area contributed by atoms with Gasteiger partial charge in [-0.15, -0.1) is 0 Å². The third-order valence-electron chi connectivity index (χ3n) is 3.70. The lowest BCUT2D eigenvalue weighted by Gasteiger charge is -2.29. The second-order valence-electron chi connectivity index (χ2n) is 4.93. The molecular formula is C14H18F3NO2. The Morgan fingerprint density at radius 1 is 1.30 bits per heavy atom. The fourth-order valence-corrected chi connectivity index (χ4v) is 2.53. The first-order valence-corrected chi connectivity index (χ1v) is 6.52. The number of rotatable bonds is 3. The molecule has 20 heavy (non-hydrogen) atoms. The van der Waals surface area contributed by atoms with E-state index in [0.29, 0.717) is 26.1 Å². The Morgan fingerprint density at radius 3 is 2.50 bits per heavy atom. The molecule has 0 saturated carbocycles. The van der Waals surface area contributed by atoms with Gasteiger partial charge in [0.05, 0.1) is 12.7 Å². The van der Waals surface area contributed by atoms with E-state index in [2.05, 4.69) is 0 Å². The highest BCUT2D eigenvalue weighted by Crippen LogP contribution is 2.39. The number of ether oxygens (including phenoxy) is 2. The number of halogens is 3. The monoisotopic (exact) mass is 289 g/mol. The van der Waals surface area contributed by atoms with E-state index >= 15 is 0 Å². The van der Waals surface area contributed by atoms with Crippen LogP contribution in [0.3, 0.4) is 0 Å². The Hall–Kier alpha value is -1.27. The molecular weight excluding hydrogens is 271 g/mol. The van der Waals surface area contributed by atoms with Crippen molar-refractivity contribution >= 4 is 0 Å². The molecule has 1 aliphatic rings. The van der Waals surface area contributed by atoms with Crippen molar-refractivity contribution in [2.45, 2.75) is 25.1 Å². The molecule has 0 spiro atoms. The van der Waals surface area contributed by atoms with Gasteiger partial charge in [0, 0.05) is 19.3 Å². The maximum Gasteiger partial charge on any atom is 0.416 e. The highest BCUT2D eigenvalue weighted by atomic mass is 19.4. The maximum absolute atomic E-state index is 13.2. The maximum atomic E-state index is 13.2. The van der Waals surface area contributed by atoms with Gasteiger partial charge in [0.25, 0.3) is 0 Å². The van der Waals surface area contributed by atoms with Crippen LogP contribution in [0, 0.1) is 5.92 Å². The third kappa shape index (κ3) is 3.24. The fraction of sp³-hybridized carbons (Fsp3) is 0.571. The molecule has 1 fully saturated rings. The van der Waals surface area contributed by atoms with Crippen LogP contribution in [-0.4, -0.2) is 20.3 Å². The average molecular weight is 289 g/mol. The van der Waals surface area contributed by atoms with Crippen LogP contribution in [-0.2, 0) is 10.9 Å². The first kappa shape index (κ1) is 15.1. The van der Waals surface area contributed by atoms with Crippen LogP contribution in [0.2, 0.25) is 0 Å². The van der Waals surface area contributed by atoms with E-state index < -0.39 is 17.8 Å². The van der Waals surface area contributed by atoms with Crippen molar-refractivity contribution in [1.82, 2.24) is 0 Å². The van der Waals surface area contributed by atoms with Crippen molar-refractivity contribution in [2.24, 2.45) is 11.7 Å². The predicted molar refractivity (Wildman–Crippen MR) is 68.5 cm³/mol. The van der Waals surface area contributed by atoms with Crippen LogP contribution in [0.1, 0.15) is 30.0 Å². The first-order chi connectivity index (χ1) is 9.43. The normalized spacial score (nSPS) is 18.9. The van der Waals surface area contributed by atoms with Crippen molar-refractivity contribution in [3.8, 4) is 5.75 Å². The van der Waals surface area contributed by atoms with E-state index in [1.807, 2.05) is 0 Å². The number of hydrogen-bond acceptors (Lipinski definition) is 3. The van der Waals surface area contributed by atoms with Gasteiger partial charge in [0.2, 0.25) is 0 Å². The largest absolute Gasteiger partial charge is 0.497 e. The van der Waals surface area contributed by atoms with Gasteiger partial charge in [0.1, 0.15) is 5.75 Å². The van der Waals surface area contributed by atoms with Crippen LogP contribution in [0.15, 0.2) is 18.2 Å². The van der Waals surface area contributed by atoms with Crippen LogP contribution in [0.5, 0.6) is 5.75 Å². The Bertz CT molecular complexity index is 456. The minimum absolute atomic E-state index is 0.0123. The summed E-state index contributed by atoms with van der Waals surface area (Å²) in [5.41, 5.74) is 5.48. The van der Waals surface area contributed by atoms with E-state index in [1.54, 1.807) is 0 Å². The van der Waals surface area contributed by atoms with Gasteiger partial charge in [-0.2, -0.15) is 13.2 Å². The van der Waals surface area contributed by atoms with Gasteiger partial charge >= 0.3 is 6.18 Å². The molecule has 3 nitrogen and oxygen atoms in total. The zero-order chi connectivity index (χ0) is 14.8. The van der Waals surface area contributed by atoms with Crippen molar-refractivity contribution in [3.05, 3.63) is 29.3 Å². The van der Waals surface area contributed by atoms with Crippen LogP contribution in [0.4, 0.5) is 13.2 Å². The Morgan fingerprint density at radius 2 is 1.95 bits per heavy atom. The molecule has 0 bridgehead atoms. The van der Waals surface area contributed by atoms with E-state index in [-0.39, 0.29) is 17.2 Å². The topological polar surface area (TPSA) is 44.5 Å². The number of nitrogens with two attached hydrogens (primary N) is 1. The first-order valence-electron chi connectivity index (χ1n) is 6.52. The van der Waals surface area contributed by atoms with Crippen LogP contribution >= 0.6 is 0 Å². The third-order valence-corrected chi connectivity index (χ3v) is 3.70. The van der Waals surface area contributed by atoms with Crippen LogP contribution in [0.25, 0.3) is 0 Å². The van der Waals surface area contributed by atoms with Gasteiger partial charge in [-0.1, -0.05) is 6.07 Å². The molecule has 0 aliphatic carbocycles. The van der Waals surface area contributed by atoms with Crippen LogP contribution < -0.4 is 10.5 Å². The Kier molecular flexibility index (Phi) is 4.55. The van der Waals surface area contributed by atoms with Gasteiger partial charge in [-0.05, 0) is 36.5 Å². The molecule has 2 rings (SSSR count). The summed E-state index contributed by atoms with van der Waals surface area (Å²) in [6.07, 6.45) is -3.07. The predicted octanol–water partition coefficient (Wildman–Crippen LogP) is 3.14. The molecule has 0 radical (unpaired) electrons. The quantitative estimate of drug-likeness (QED) is 0.929. The van der Waals surface area contributed by atoms with Crippen molar-refractivity contribution in [2.75, 3.05) is 20.3 Å². The minimum Gasteiger partial charge on any atom is -0.497 e. The summed E-state index contributed by atoms with van der Waals surface area (Å²) in [5, 5.41) is 0. The zero-order valence-corrected chi connectivity index (χ0v) is 11.2. The van der Waals surface area contributed by atoms with Gasteiger partial charge in [-0.3, -0.25) is 0 Å². The van der Waals surface area contributed by atoms with E-state index in [1.165, 1.54) is 19.2 Å². The minimum atomic E-state index is -4.44. The fourth-order valence-electron chi connectivity index (χ4n) is 2.53. The van der Waals surface area contributed by atoms with Gasteiger partial charge in [0.15, 0.2) is 0 Å². The molecule has 0 unspecified atom stereocenters. The van der Waals surface area contributed by atoms with E-state index in [0.717, 1.165) is 6.07 Å². The number of methoxy groups -OCH3 is 1. The van der Waals surface area contributed by atoms with Gasteiger partial charge in [-0.25, -0.2) is 0 Å². The molecule has 1 saturated heterocycles. The second kappa shape index (κ2) is 6.01. The number of alkyl halides is 3. The second-order valence-corrected chi connectivity index (χ2v) is 4.93. The smallest absolute Gasteiger partial charge is 0.416 e. The van der Waals surface area contributed by atoms with Crippen molar-refractivity contribution in [1.29, 1.82) is 0 Å². The summed E-state index contributed by atoms with van der Waals surface area (Å²) >= 11 is 0. The van der Waals surface area contributed by atoms with Gasteiger partial charge < -0.3 is 15.2 Å². The number of benzene rings is 1. The molecule has 1 heterocycles. The summed E-state index contributed by atoms with van der Waals surface area (Å²) < 4.78 is 49.6. The molecule has 112 valence electrons. The zero-order valence-electron chi connectivity index (χ0n) is 11.2. The van der Waals surface area contributed by atoms with Crippen molar-refractivity contribution < 1.29 is 22.6 Å². The summed E-state index contributed by atoms with van der Waals surface area (Å²) in [4.78, 5) is 0. The summed E-state index contributed by atoms with van der Waals surface area (Å²) in [6, 6.07) is 3.31. The summed E-state index contributed by atoms with van der Waals surface area (Å²) in [5.74, 6) is 0.193. The average Bonchev–Trinajstić information content (AvgIpc) is 2.46. The molecule has 6 heteroatoms. The van der Waals surface area contributed by atoms with E-state index in [4.69, 9.17) is 15.2 Å². The molecule has 1 atom stereocenters. The molecule has 1 aromatic carbocycles. The molecule has 0 amide bonds. The molecule has 0 aromatic heterocycles. The lowest BCUT2D eigenvalue weighted by molar-refractivity contribution is -0.138. The lowest BCUT2D eigenvalue weighted by Crippen LogP contribution is -2.29. The Labute approximate surface area is 115 Å². The Balaban J connectivity index is 2.34. The summed E-state index contributed by atoms with van der Waals surface area (Å²) in [6.45, 7) is 1.10. The molecule has 2 N–H and O–H groups in total. The SMILES string of the molecule is COc1ccc([C@@H](N)C2CCOCC2)c(C(F)(F)F)c1. The standard InChI is InChI=1S/C14H18F3NO2/c1-19-10-2-3-11(12(8-10)14(15,16)17)13(18)9-4-6-20-7-5-9/h2-3,8-9,13H,4-7,18H2,1H3/t13-/m0/s1. The number of hydrogen-bond donors (Lipinski definition) is 1. The van der Waals surface area contributed by atoms with E-state index in [9.17, 15) is 13.2 Å². The highest BCUT2D eigenvalue weighted by Gasteiger charge is 2.36.